The Morgan fingerprint density at radius 2 is 1.56 bits per heavy atom. The zero-order chi connectivity index (χ0) is 17.8. The third-order valence-electron chi connectivity index (χ3n) is 4.27. The lowest BCUT2D eigenvalue weighted by Gasteiger charge is -2.15. The molecule has 1 aliphatic carbocycles. The van der Waals surface area contributed by atoms with Gasteiger partial charge in [-0.1, -0.05) is 18.2 Å². The predicted molar refractivity (Wildman–Crippen MR) is 106 cm³/mol. The highest BCUT2D eigenvalue weighted by molar-refractivity contribution is 6.03. The molecule has 0 radical (unpaired) electrons. The molecule has 126 valence electrons. The van der Waals surface area contributed by atoms with Crippen LogP contribution in [0.25, 0.3) is 5.57 Å². The number of rotatable bonds is 3. The monoisotopic (exact) mass is 330 g/mol. The summed E-state index contributed by atoms with van der Waals surface area (Å²) in [5.41, 5.74) is 6.84. The van der Waals surface area contributed by atoms with Crippen molar-refractivity contribution in [1.29, 1.82) is 0 Å². The Kier molecular flexibility index (Phi) is 4.94. The maximum absolute atomic E-state index is 4.59. The van der Waals surface area contributed by atoms with E-state index >= 15 is 0 Å². The fraction of sp³-hybridized carbons (Fsp3) is 0.182. The van der Waals surface area contributed by atoms with E-state index < -0.39 is 0 Å². The molecule has 0 saturated heterocycles. The fourth-order valence-corrected chi connectivity index (χ4v) is 2.83. The molecule has 0 N–H and O–H groups in total. The molecule has 25 heavy (non-hydrogen) atoms. The SMILES string of the molecule is CN(C)c1ccc(C(=C2C=CC(=[N+](C)C)C=C2)c2ccccn2)cc1. The first-order valence-electron chi connectivity index (χ1n) is 8.40. The zero-order valence-corrected chi connectivity index (χ0v) is 15.3. The van der Waals surface area contributed by atoms with Crippen molar-refractivity contribution in [1.82, 2.24) is 4.98 Å². The summed E-state index contributed by atoms with van der Waals surface area (Å²) < 4.78 is 2.11. The summed E-state index contributed by atoms with van der Waals surface area (Å²) in [5.74, 6) is 0. The first kappa shape index (κ1) is 16.9. The smallest absolute Gasteiger partial charge is 0.199 e. The van der Waals surface area contributed by atoms with Crippen LogP contribution < -0.4 is 4.90 Å². The highest BCUT2D eigenvalue weighted by Crippen LogP contribution is 2.29. The van der Waals surface area contributed by atoms with Gasteiger partial charge in [0, 0.05) is 43.7 Å². The van der Waals surface area contributed by atoms with E-state index in [1.807, 2.05) is 18.3 Å². The second-order valence-corrected chi connectivity index (χ2v) is 6.47. The topological polar surface area (TPSA) is 19.1 Å². The Morgan fingerprint density at radius 1 is 0.880 bits per heavy atom. The third-order valence-corrected chi connectivity index (χ3v) is 4.27. The molecule has 1 aromatic heterocycles. The summed E-state index contributed by atoms with van der Waals surface area (Å²) in [6.45, 7) is 0. The van der Waals surface area contributed by atoms with Crippen LogP contribution in [0, 0.1) is 0 Å². The number of allylic oxidation sites excluding steroid dienone is 5. The van der Waals surface area contributed by atoms with Crippen LogP contribution >= 0.6 is 0 Å². The summed E-state index contributed by atoms with van der Waals surface area (Å²) in [4.78, 5) is 6.70. The molecule has 0 spiro atoms. The van der Waals surface area contributed by atoms with Crippen molar-refractivity contribution in [3.63, 3.8) is 0 Å². The third kappa shape index (κ3) is 3.77. The van der Waals surface area contributed by atoms with E-state index in [2.05, 4.69) is 97.3 Å². The van der Waals surface area contributed by atoms with Gasteiger partial charge in [-0.3, -0.25) is 4.98 Å². The minimum absolute atomic E-state index is 0.984. The van der Waals surface area contributed by atoms with E-state index in [-0.39, 0.29) is 0 Å². The molecule has 3 nitrogen and oxygen atoms in total. The molecule has 0 amide bonds. The van der Waals surface area contributed by atoms with E-state index in [4.69, 9.17) is 0 Å². The lowest BCUT2D eigenvalue weighted by Crippen LogP contribution is -2.10. The van der Waals surface area contributed by atoms with Gasteiger partial charge in [-0.05, 0) is 47.6 Å². The van der Waals surface area contributed by atoms with Gasteiger partial charge in [-0.2, -0.15) is 0 Å². The van der Waals surface area contributed by atoms with E-state index in [9.17, 15) is 0 Å². The van der Waals surface area contributed by atoms with E-state index in [0.717, 1.165) is 11.3 Å². The Hall–Kier alpha value is -2.94. The zero-order valence-electron chi connectivity index (χ0n) is 15.3. The molecule has 2 aromatic rings. The molecule has 1 aromatic carbocycles. The van der Waals surface area contributed by atoms with Gasteiger partial charge >= 0.3 is 0 Å². The van der Waals surface area contributed by atoms with Crippen LogP contribution in [0.1, 0.15) is 11.3 Å². The maximum Gasteiger partial charge on any atom is 0.199 e. The average molecular weight is 330 g/mol. The van der Waals surface area contributed by atoms with Crippen LogP contribution in [-0.2, 0) is 0 Å². The number of hydrogen-bond donors (Lipinski definition) is 0. The van der Waals surface area contributed by atoms with Crippen molar-refractivity contribution in [3.8, 4) is 0 Å². The average Bonchev–Trinajstić information content (AvgIpc) is 2.64. The standard InChI is InChI=1S/C22H24N3/c1-24(2)19-12-8-17(9-13-19)22(21-7-5-6-16-23-21)18-10-14-20(15-11-18)25(3)4/h5-16H,1-4H3/q+1. The summed E-state index contributed by atoms with van der Waals surface area (Å²) in [6.07, 6.45) is 10.5. The van der Waals surface area contributed by atoms with Crippen LogP contribution in [0.4, 0.5) is 5.69 Å². The van der Waals surface area contributed by atoms with Crippen molar-refractivity contribution in [3.05, 3.63) is 89.8 Å². The van der Waals surface area contributed by atoms with Gasteiger partial charge in [0.2, 0.25) is 0 Å². The summed E-state index contributed by atoms with van der Waals surface area (Å²) >= 11 is 0. The van der Waals surface area contributed by atoms with Crippen molar-refractivity contribution >= 4 is 17.0 Å². The second-order valence-electron chi connectivity index (χ2n) is 6.47. The normalized spacial score (nSPS) is 13.1. The Morgan fingerprint density at radius 3 is 2.08 bits per heavy atom. The number of nitrogens with zero attached hydrogens (tertiary/aromatic N) is 3. The Bertz CT molecular complexity index is 845. The van der Waals surface area contributed by atoms with Crippen molar-refractivity contribution in [2.24, 2.45) is 0 Å². The Labute approximate surface area is 150 Å². The molecule has 3 heteroatoms. The highest BCUT2D eigenvalue weighted by Gasteiger charge is 2.13. The predicted octanol–water partition coefficient (Wildman–Crippen LogP) is 3.79. The molecule has 1 aliphatic rings. The molecule has 0 aliphatic heterocycles. The van der Waals surface area contributed by atoms with Gasteiger partial charge in [0.1, 0.15) is 14.1 Å². The number of anilines is 1. The molecule has 0 saturated carbocycles. The summed E-state index contributed by atoms with van der Waals surface area (Å²) in [6, 6.07) is 14.7. The Balaban J connectivity index is 2.12. The number of pyridine rings is 1. The van der Waals surface area contributed by atoms with E-state index in [1.165, 1.54) is 22.5 Å². The van der Waals surface area contributed by atoms with E-state index in [1.54, 1.807) is 0 Å². The maximum atomic E-state index is 4.59. The molecule has 0 atom stereocenters. The quantitative estimate of drug-likeness (QED) is 0.798. The fourth-order valence-electron chi connectivity index (χ4n) is 2.83. The van der Waals surface area contributed by atoms with Crippen LogP contribution in [0.2, 0.25) is 0 Å². The number of benzene rings is 1. The van der Waals surface area contributed by atoms with Crippen molar-refractivity contribution < 1.29 is 4.58 Å². The molecule has 3 rings (SSSR count). The molecule has 0 bridgehead atoms. The van der Waals surface area contributed by atoms with Gasteiger partial charge in [-0.25, -0.2) is 4.58 Å². The summed E-state index contributed by atoms with van der Waals surface area (Å²) in [7, 11) is 8.22. The van der Waals surface area contributed by atoms with Gasteiger partial charge < -0.3 is 4.90 Å². The lowest BCUT2D eigenvalue weighted by atomic mass is 9.93. The van der Waals surface area contributed by atoms with Crippen LogP contribution in [0.3, 0.4) is 0 Å². The van der Waals surface area contributed by atoms with Gasteiger partial charge in [0.05, 0.1) is 5.69 Å². The second kappa shape index (κ2) is 7.31. The van der Waals surface area contributed by atoms with Crippen molar-refractivity contribution in [2.75, 3.05) is 33.1 Å². The van der Waals surface area contributed by atoms with Gasteiger partial charge in [0.15, 0.2) is 5.71 Å². The molecular formula is C22H24N3+. The van der Waals surface area contributed by atoms with Gasteiger partial charge in [0.25, 0.3) is 0 Å². The molecule has 0 fully saturated rings. The van der Waals surface area contributed by atoms with E-state index in [0.29, 0.717) is 0 Å². The first-order valence-corrected chi connectivity index (χ1v) is 8.40. The lowest BCUT2D eigenvalue weighted by molar-refractivity contribution is -0.462. The number of aromatic nitrogens is 1. The minimum Gasteiger partial charge on any atom is -0.378 e. The van der Waals surface area contributed by atoms with Gasteiger partial charge in [-0.15, -0.1) is 0 Å². The summed E-state index contributed by atoms with van der Waals surface area (Å²) in [5, 5.41) is 0. The van der Waals surface area contributed by atoms with Crippen LogP contribution in [0.15, 0.2) is 78.5 Å². The van der Waals surface area contributed by atoms with Crippen LogP contribution in [-0.4, -0.2) is 43.5 Å². The van der Waals surface area contributed by atoms with Crippen LogP contribution in [0.5, 0.6) is 0 Å². The largest absolute Gasteiger partial charge is 0.378 e. The van der Waals surface area contributed by atoms with Crippen molar-refractivity contribution in [2.45, 2.75) is 0 Å². The highest BCUT2D eigenvalue weighted by atomic mass is 15.1. The molecule has 1 heterocycles. The number of hydrogen-bond acceptors (Lipinski definition) is 2. The molecular weight excluding hydrogens is 306 g/mol. The molecule has 0 unspecified atom stereocenters. The first-order chi connectivity index (χ1) is 12.1. The minimum atomic E-state index is 0.984.